The molecular weight excluding hydrogens is 230 g/mol. The minimum atomic E-state index is 0.225. The van der Waals surface area contributed by atoms with Gasteiger partial charge in [-0.3, -0.25) is 0 Å². The predicted molar refractivity (Wildman–Crippen MR) is 85.5 cm³/mol. The molecule has 19 heavy (non-hydrogen) atoms. The Balaban J connectivity index is 2.56. The van der Waals surface area contributed by atoms with Crippen molar-refractivity contribution >= 4 is 0 Å². The zero-order valence-electron chi connectivity index (χ0n) is 13.0. The van der Waals surface area contributed by atoms with E-state index < -0.39 is 0 Å². The highest BCUT2D eigenvalue weighted by Gasteiger charge is 2.10. The molecule has 0 bridgehead atoms. The Labute approximate surface area is 119 Å². The SMILES string of the molecule is CCCCCCCC(N)c1cc(CC)ccc1CC. The largest absolute Gasteiger partial charge is 0.324 e. The number of benzene rings is 1. The summed E-state index contributed by atoms with van der Waals surface area (Å²) < 4.78 is 0. The summed E-state index contributed by atoms with van der Waals surface area (Å²) in [5, 5.41) is 0. The molecule has 0 aliphatic carbocycles. The first-order valence-corrected chi connectivity index (χ1v) is 8.10. The van der Waals surface area contributed by atoms with Gasteiger partial charge in [0.15, 0.2) is 0 Å². The molecule has 0 radical (unpaired) electrons. The molecule has 1 atom stereocenters. The Morgan fingerprint density at radius 3 is 2.32 bits per heavy atom. The van der Waals surface area contributed by atoms with Gasteiger partial charge in [-0.15, -0.1) is 0 Å². The van der Waals surface area contributed by atoms with E-state index in [2.05, 4.69) is 39.0 Å². The molecule has 1 unspecified atom stereocenters. The zero-order chi connectivity index (χ0) is 14.1. The lowest BCUT2D eigenvalue weighted by Crippen LogP contribution is -2.13. The van der Waals surface area contributed by atoms with Crippen molar-refractivity contribution in [3.05, 3.63) is 34.9 Å². The molecule has 1 aromatic carbocycles. The van der Waals surface area contributed by atoms with Gasteiger partial charge in [0.2, 0.25) is 0 Å². The Kier molecular flexibility index (Phi) is 7.81. The first-order chi connectivity index (χ1) is 9.22. The fourth-order valence-electron chi connectivity index (χ4n) is 2.65. The van der Waals surface area contributed by atoms with E-state index in [0.29, 0.717) is 0 Å². The molecule has 1 rings (SSSR count). The third-order valence-corrected chi connectivity index (χ3v) is 4.02. The van der Waals surface area contributed by atoms with Gasteiger partial charge in [-0.25, -0.2) is 0 Å². The first kappa shape index (κ1) is 16.2. The Morgan fingerprint density at radius 1 is 0.947 bits per heavy atom. The van der Waals surface area contributed by atoms with Gasteiger partial charge in [-0.2, -0.15) is 0 Å². The van der Waals surface area contributed by atoms with Crippen LogP contribution >= 0.6 is 0 Å². The van der Waals surface area contributed by atoms with Crippen LogP contribution in [0.15, 0.2) is 18.2 Å². The highest BCUT2D eigenvalue weighted by molar-refractivity contribution is 5.34. The quantitative estimate of drug-likeness (QED) is 0.610. The van der Waals surface area contributed by atoms with Crippen LogP contribution in [0, 0.1) is 0 Å². The predicted octanol–water partition coefficient (Wildman–Crippen LogP) is 5.17. The number of nitrogens with two attached hydrogens (primary N) is 1. The molecule has 2 N–H and O–H groups in total. The Morgan fingerprint density at radius 2 is 1.68 bits per heavy atom. The van der Waals surface area contributed by atoms with Gasteiger partial charge in [0, 0.05) is 6.04 Å². The van der Waals surface area contributed by atoms with Crippen molar-refractivity contribution in [1.29, 1.82) is 0 Å². The van der Waals surface area contributed by atoms with Gasteiger partial charge in [0.05, 0.1) is 0 Å². The number of rotatable bonds is 9. The number of hydrogen-bond acceptors (Lipinski definition) is 1. The normalized spacial score (nSPS) is 12.6. The van der Waals surface area contributed by atoms with Gasteiger partial charge < -0.3 is 5.73 Å². The van der Waals surface area contributed by atoms with Crippen LogP contribution in [0.2, 0.25) is 0 Å². The van der Waals surface area contributed by atoms with E-state index in [1.165, 1.54) is 48.8 Å². The first-order valence-electron chi connectivity index (χ1n) is 8.10. The fourth-order valence-corrected chi connectivity index (χ4v) is 2.65. The third kappa shape index (κ3) is 5.36. The van der Waals surface area contributed by atoms with E-state index in [-0.39, 0.29) is 6.04 Å². The molecule has 0 aliphatic heterocycles. The van der Waals surface area contributed by atoms with E-state index in [9.17, 15) is 0 Å². The van der Waals surface area contributed by atoms with Crippen LogP contribution in [0.4, 0.5) is 0 Å². The van der Waals surface area contributed by atoms with Crippen LogP contribution in [-0.4, -0.2) is 0 Å². The monoisotopic (exact) mass is 261 g/mol. The molecule has 0 fully saturated rings. The number of unbranched alkanes of at least 4 members (excludes halogenated alkanes) is 4. The molecule has 0 aliphatic rings. The molecule has 1 heteroatoms. The van der Waals surface area contributed by atoms with Gasteiger partial charge >= 0.3 is 0 Å². The maximum absolute atomic E-state index is 6.41. The highest BCUT2D eigenvalue weighted by atomic mass is 14.6. The Bertz CT molecular complexity index is 357. The summed E-state index contributed by atoms with van der Waals surface area (Å²) in [6.45, 7) is 6.69. The molecule has 108 valence electrons. The second-order valence-corrected chi connectivity index (χ2v) is 5.55. The summed E-state index contributed by atoms with van der Waals surface area (Å²) in [5.74, 6) is 0. The minimum Gasteiger partial charge on any atom is -0.324 e. The van der Waals surface area contributed by atoms with Crippen molar-refractivity contribution in [3.63, 3.8) is 0 Å². The van der Waals surface area contributed by atoms with Gasteiger partial charge in [0.1, 0.15) is 0 Å². The minimum absolute atomic E-state index is 0.225. The van der Waals surface area contributed by atoms with Crippen molar-refractivity contribution in [3.8, 4) is 0 Å². The van der Waals surface area contributed by atoms with Crippen molar-refractivity contribution < 1.29 is 0 Å². The van der Waals surface area contributed by atoms with E-state index in [1.807, 2.05) is 0 Å². The maximum Gasteiger partial charge on any atom is 0.0297 e. The molecular formula is C18H31N. The second kappa shape index (κ2) is 9.14. The summed E-state index contributed by atoms with van der Waals surface area (Å²) in [6.07, 6.45) is 9.94. The maximum atomic E-state index is 6.41. The number of aryl methyl sites for hydroxylation is 2. The molecule has 1 nitrogen and oxygen atoms in total. The van der Waals surface area contributed by atoms with Gasteiger partial charge in [-0.1, -0.05) is 71.1 Å². The molecule has 0 heterocycles. The lowest BCUT2D eigenvalue weighted by atomic mass is 9.93. The molecule has 1 aromatic rings. The summed E-state index contributed by atoms with van der Waals surface area (Å²) in [7, 11) is 0. The van der Waals surface area contributed by atoms with Crippen molar-refractivity contribution in [2.75, 3.05) is 0 Å². The van der Waals surface area contributed by atoms with Crippen LogP contribution in [-0.2, 0) is 12.8 Å². The third-order valence-electron chi connectivity index (χ3n) is 4.02. The van der Waals surface area contributed by atoms with E-state index >= 15 is 0 Å². The number of hydrogen-bond donors (Lipinski definition) is 1. The van der Waals surface area contributed by atoms with Gasteiger partial charge in [-0.05, 0) is 36.0 Å². The zero-order valence-corrected chi connectivity index (χ0v) is 13.0. The Hall–Kier alpha value is -0.820. The highest BCUT2D eigenvalue weighted by Crippen LogP contribution is 2.23. The van der Waals surface area contributed by atoms with Crippen LogP contribution in [0.1, 0.15) is 82.0 Å². The van der Waals surface area contributed by atoms with E-state index in [1.54, 1.807) is 0 Å². The van der Waals surface area contributed by atoms with Crippen LogP contribution in [0.5, 0.6) is 0 Å². The molecule has 0 amide bonds. The standard InChI is InChI=1S/C18H31N/c1-4-7-8-9-10-11-18(19)17-14-15(5-2)12-13-16(17)6-3/h12-14,18H,4-11,19H2,1-3H3. The smallest absolute Gasteiger partial charge is 0.0297 e. The molecule has 0 saturated carbocycles. The summed E-state index contributed by atoms with van der Waals surface area (Å²) in [6, 6.07) is 7.07. The molecule has 0 spiro atoms. The summed E-state index contributed by atoms with van der Waals surface area (Å²) in [5.41, 5.74) is 10.6. The van der Waals surface area contributed by atoms with Crippen molar-refractivity contribution in [2.24, 2.45) is 5.73 Å². The van der Waals surface area contributed by atoms with E-state index in [4.69, 9.17) is 5.73 Å². The topological polar surface area (TPSA) is 26.0 Å². The lowest BCUT2D eigenvalue weighted by molar-refractivity contribution is 0.553. The molecule has 0 aromatic heterocycles. The van der Waals surface area contributed by atoms with Crippen molar-refractivity contribution in [2.45, 2.75) is 78.2 Å². The fraction of sp³-hybridized carbons (Fsp3) is 0.667. The summed E-state index contributed by atoms with van der Waals surface area (Å²) >= 11 is 0. The summed E-state index contributed by atoms with van der Waals surface area (Å²) in [4.78, 5) is 0. The molecule has 0 saturated heterocycles. The average molecular weight is 261 g/mol. The second-order valence-electron chi connectivity index (χ2n) is 5.55. The van der Waals surface area contributed by atoms with Gasteiger partial charge in [0.25, 0.3) is 0 Å². The van der Waals surface area contributed by atoms with Crippen molar-refractivity contribution in [1.82, 2.24) is 0 Å². The van der Waals surface area contributed by atoms with E-state index in [0.717, 1.165) is 19.3 Å². The lowest BCUT2D eigenvalue weighted by Gasteiger charge is -2.17. The van der Waals surface area contributed by atoms with Crippen LogP contribution in [0.3, 0.4) is 0 Å². The average Bonchev–Trinajstić information content (AvgIpc) is 2.46. The van der Waals surface area contributed by atoms with Crippen LogP contribution in [0.25, 0.3) is 0 Å². The van der Waals surface area contributed by atoms with Crippen LogP contribution < -0.4 is 5.73 Å².